The standard InChI is InChI=1S/C18H26N2O2S/c1-12-9-13(2)11-20(10-12)18(22)14(3)23-17-7-5-16(6-8-17)19-15(4)21/h5-8,12-14H,9-11H2,1-4H3,(H,19,21). The minimum absolute atomic E-state index is 0.0812. The average molecular weight is 334 g/mol. The van der Waals surface area contributed by atoms with E-state index in [0.717, 1.165) is 23.7 Å². The third kappa shape index (κ3) is 5.27. The van der Waals surface area contributed by atoms with Crippen LogP contribution >= 0.6 is 11.8 Å². The Hall–Kier alpha value is -1.49. The highest BCUT2D eigenvalue weighted by atomic mass is 32.2. The largest absolute Gasteiger partial charge is 0.341 e. The van der Waals surface area contributed by atoms with E-state index < -0.39 is 0 Å². The first-order valence-corrected chi connectivity index (χ1v) is 9.06. The highest BCUT2D eigenvalue weighted by Gasteiger charge is 2.28. The fourth-order valence-electron chi connectivity index (χ4n) is 3.17. The molecule has 1 heterocycles. The lowest BCUT2D eigenvalue weighted by molar-refractivity contribution is -0.133. The molecule has 0 aromatic heterocycles. The first-order chi connectivity index (χ1) is 10.8. The number of amides is 2. The van der Waals surface area contributed by atoms with Gasteiger partial charge in [0.1, 0.15) is 0 Å². The molecule has 3 atom stereocenters. The Balaban J connectivity index is 1.94. The summed E-state index contributed by atoms with van der Waals surface area (Å²) in [6.07, 6.45) is 1.20. The van der Waals surface area contributed by atoms with Crippen LogP contribution in [0.4, 0.5) is 5.69 Å². The molecule has 0 bridgehead atoms. The summed E-state index contributed by atoms with van der Waals surface area (Å²) in [7, 11) is 0. The van der Waals surface area contributed by atoms with Crippen LogP contribution in [-0.4, -0.2) is 35.1 Å². The summed E-state index contributed by atoms with van der Waals surface area (Å²) < 4.78 is 0. The molecule has 1 fully saturated rings. The van der Waals surface area contributed by atoms with Crippen LogP contribution in [0.3, 0.4) is 0 Å². The van der Waals surface area contributed by atoms with Gasteiger partial charge in [-0.1, -0.05) is 13.8 Å². The number of rotatable bonds is 4. The van der Waals surface area contributed by atoms with Crippen LogP contribution in [-0.2, 0) is 9.59 Å². The van der Waals surface area contributed by atoms with Crippen molar-refractivity contribution < 1.29 is 9.59 Å². The summed E-state index contributed by atoms with van der Waals surface area (Å²) in [6.45, 7) is 9.64. The van der Waals surface area contributed by atoms with Crippen molar-refractivity contribution in [1.82, 2.24) is 4.90 Å². The minimum atomic E-state index is -0.0980. The summed E-state index contributed by atoms with van der Waals surface area (Å²) in [6, 6.07) is 7.63. The van der Waals surface area contributed by atoms with E-state index in [9.17, 15) is 9.59 Å². The molecule has 126 valence electrons. The molecule has 3 unspecified atom stereocenters. The Bertz CT molecular complexity index is 549. The lowest BCUT2D eigenvalue weighted by Crippen LogP contribution is -2.45. The fourth-order valence-corrected chi connectivity index (χ4v) is 4.13. The predicted octanol–water partition coefficient (Wildman–Crippen LogP) is 3.63. The van der Waals surface area contributed by atoms with Gasteiger partial charge >= 0.3 is 0 Å². The van der Waals surface area contributed by atoms with Crippen LogP contribution < -0.4 is 5.32 Å². The summed E-state index contributed by atoms with van der Waals surface area (Å²) in [4.78, 5) is 26.7. The average Bonchev–Trinajstić information content (AvgIpc) is 2.47. The molecule has 23 heavy (non-hydrogen) atoms. The minimum Gasteiger partial charge on any atom is -0.341 e. The Morgan fingerprint density at radius 1 is 1.17 bits per heavy atom. The van der Waals surface area contributed by atoms with Gasteiger partial charge in [-0.05, 0) is 49.4 Å². The van der Waals surface area contributed by atoms with Gasteiger partial charge in [-0.25, -0.2) is 0 Å². The first kappa shape index (κ1) is 17.9. The van der Waals surface area contributed by atoms with Crippen molar-refractivity contribution in [3.8, 4) is 0 Å². The normalized spacial score (nSPS) is 22.5. The van der Waals surface area contributed by atoms with E-state index in [-0.39, 0.29) is 17.1 Å². The predicted molar refractivity (Wildman–Crippen MR) is 95.6 cm³/mol. The van der Waals surface area contributed by atoms with E-state index in [2.05, 4.69) is 19.2 Å². The van der Waals surface area contributed by atoms with Gasteiger partial charge in [0.25, 0.3) is 0 Å². The van der Waals surface area contributed by atoms with Crippen molar-refractivity contribution in [3.63, 3.8) is 0 Å². The van der Waals surface area contributed by atoms with Crippen molar-refractivity contribution >= 4 is 29.3 Å². The third-order valence-corrected chi connectivity index (χ3v) is 5.12. The molecule has 5 heteroatoms. The van der Waals surface area contributed by atoms with Gasteiger partial charge in [0.15, 0.2) is 0 Å². The van der Waals surface area contributed by atoms with Gasteiger partial charge in [0, 0.05) is 30.6 Å². The van der Waals surface area contributed by atoms with Crippen molar-refractivity contribution in [2.24, 2.45) is 11.8 Å². The van der Waals surface area contributed by atoms with E-state index in [1.807, 2.05) is 36.1 Å². The molecular weight excluding hydrogens is 308 g/mol. The van der Waals surface area contributed by atoms with Crippen LogP contribution in [0, 0.1) is 11.8 Å². The van der Waals surface area contributed by atoms with Crippen LogP contribution in [0.15, 0.2) is 29.2 Å². The Morgan fingerprint density at radius 2 is 1.74 bits per heavy atom. The Morgan fingerprint density at radius 3 is 2.26 bits per heavy atom. The van der Waals surface area contributed by atoms with Gasteiger partial charge in [-0.3, -0.25) is 9.59 Å². The molecule has 1 N–H and O–H groups in total. The molecule has 1 aliphatic heterocycles. The monoisotopic (exact) mass is 334 g/mol. The number of carbonyl (C=O) groups is 2. The molecule has 0 saturated carbocycles. The van der Waals surface area contributed by atoms with E-state index >= 15 is 0 Å². The third-order valence-electron chi connectivity index (χ3n) is 4.02. The maximum Gasteiger partial charge on any atom is 0.235 e. The molecule has 4 nitrogen and oxygen atoms in total. The number of hydrogen-bond acceptors (Lipinski definition) is 3. The zero-order chi connectivity index (χ0) is 17.0. The maximum atomic E-state index is 12.7. The molecule has 2 rings (SSSR count). The molecule has 0 radical (unpaired) electrons. The first-order valence-electron chi connectivity index (χ1n) is 8.18. The smallest absolute Gasteiger partial charge is 0.235 e. The molecule has 1 aromatic carbocycles. The molecule has 1 aliphatic rings. The summed E-state index contributed by atoms with van der Waals surface area (Å²) >= 11 is 1.57. The van der Waals surface area contributed by atoms with Crippen LogP contribution in [0.2, 0.25) is 0 Å². The number of anilines is 1. The van der Waals surface area contributed by atoms with Gasteiger partial charge in [0.05, 0.1) is 5.25 Å². The highest BCUT2D eigenvalue weighted by molar-refractivity contribution is 8.00. The number of piperidine rings is 1. The van der Waals surface area contributed by atoms with Crippen molar-refractivity contribution in [2.75, 3.05) is 18.4 Å². The number of hydrogen-bond donors (Lipinski definition) is 1. The second-order valence-corrected chi connectivity index (χ2v) is 8.07. The zero-order valence-corrected chi connectivity index (χ0v) is 15.2. The maximum absolute atomic E-state index is 12.7. The van der Waals surface area contributed by atoms with Gasteiger partial charge < -0.3 is 10.2 Å². The SMILES string of the molecule is CC(=O)Nc1ccc(SC(C)C(=O)N2CC(C)CC(C)C2)cc1. The van der Waals surface area contributed by atoms with Gasteiger partial charge in [-0.15, -0.1) is 11.8 Å². The van der Waals surface area contributed by atoms with Crippen LogP contribution in [0.5, 0.6) is 0 Å². The number of nitrogens with zero attached hydrogens (tertiary/aromatic N) is 1. The number of thioether (sulfide) groups is 1. The molecule has 0 aliphatic carbocycles. The quantitative estimate of drug-likeness (QED) is 0.856. The Kier molecular flexibility index (Phi) is 6.10. The highest BCUT2D eigenvalue weighted by Crippen LogP contribution is 2.28. The summed E-state index contributed by atoms with van der Waals surface area (Å²) in [5, 5.41) is 2.65. The number of benzene rings is 1. The number of nitrogens with one attached hydrogen (secondary N) is 1. The second kappa shape index (κ2) is 7.86. The summed E-state index contributed by atoms with van der Waals surface area (Å²) in [5.41, 5.74) is 0.777. The summed E-state index contributed by atoms with van der Waals surface area (Å²) in [5.74, 6) is 1.30. The molecular formula is C18H26N2O2S. The number of likely N-dealkylation sites (tertiary alicyclic amines) is 1. The van der Waals surface area contributed by atoms with E-state index in [0.29, 0.717) is 11.8 Å². The van der Waals surface area contributed by atoms with E-state index in [1.54, 1.807) is 11.8 Å². The lowest BCUT2D eigenvalue weighted by Gasteiger charge is -2.36. The van der Waals surface area contributed by atoms with Crippen molar-refractivity contribution in [3.05, 3.63) is 24.3 Å². The molecule has 1 aromatic rings. The van der Waals surface area contributed by atoms with E-state index in [4.69, 9.17) is 0 Å². The van der Waals surface area contributed by atoms with Crippen molar-refractivity contribution in [1.29, 1.82) is 0 Å². The van der Waals surface area contributed by atoms with E-state index in [1.165, 1.54) is 13.3 Å². The van der Waals surface area contributed by atoms with Gasteiger partial charge in [0.2, 0.25) is 11.8 Å². The zero-order valence-electron chi connectivity index (χ0n) is 14.3. The van der Waals surface area contributed by atoms with Crippen LogP contribution in [0.25, 0.3) is 0 Å². The lowest BCUT2D eigenvalue weighted by atomic mass is 9.92. The molecule has 2 amide bonds. The number of carbonyl (C=O) groups excluding carboxylic acids is 2. The fraction of sp³-hybridized carbons (Fsp3) is 0.556. The molecule has 1 saturated heterocycles. The molecule has 0 spiro atoms. The van der Waals surface area contributed by atoms with Crippen LogP contribution in [0.1, 0.15) is 34.1 Å². The van der Waals surface area contributed by atoms with Gasteiger partial charge in [-0.2, -0.15) is 0 Å². The van der Waals surface area contributed by atoms with Crippen molar-refractivity contribution in [2.45, 2.75) is 44.3 Å². The Labute approximate surface area is 143 Å². The second-order valence-electron chi connectivity index (χ2n) is 6.65. The topological polar surface area (TPSA) is 49.4 Å².